The molecule has 5 rings (SSSR count). The van der Waals surface area contributed by atoms with Crippen LogP contribution >= 0.6 is 0 Å². The van der Waals surface area contributed by atoms with Crippen LogP contribution in [0.5, 0.6) is 0 Å². The Labute approximate surface area is 227 Å². The number of hydrogen-bond acceptors (Lipinski definition) is 2. The lowest BCUT2D eigenvalue weighted by atomic mass is 9.81. The number of hydrogen-bond donors (Lipinski definition) is 0. The topological polar surface area (TPSA) is 34.1 Å². The van der Waals surface area contributed by atoms with Gasteiger partial charge in [0.2, 0.25) is 5.78 Å². The van der Waals surface area contributed by atoms with Crippen molar-refractivity contribution in [3.63, 3.8) is 0 Å². The number of benzene rings is 3. The normalized spacial score (nSPS) is 13.2. The van der Waals surface area contributed by atoms with Crippen molar-refractivity contribution in [2.24, 2.45) is 0 Å². The van der Waals surface area contributed by atoms with Crippen LogP contribution < -0.4 is 10.4 Å². The van der Waals surface area contributed by atoms with Crippen molar-refractivity contribution >= 4 is 23.7 Å². The molecule has 0 saturated carbocycles. The first-order valence-electron chi connectivity index (χ1n) is 14.7. The Kier molecular flexibility index (Phi) is 8.37. The van der Waals surface area contributed by atoms with Gasteiger partial charge in [-0.3, -0.25) is 9.59 Å². The van der Waals surface area contributed by atoms with Crippen LogP contribution in [0.25, 0.3) is 11.6 Å². The number of Topliss-reactive ketones (excluding diaryl/α,β-unsaturated/α-hetero) is 1. The molecule has 3 aromatic rings. The first-order valence-corrected chi connectivity index (χ1v) is 14.7. The molecule has 0 fully saturated rings. The van der Waals surface area contributed by atoms with Gasteiger partial charge in [0.25, 0.3) is 0 Å². The third-order valence-corrected chi connectivity index (χ3v) is 8.35. The highest BCUT2D eigenvalue weighted by Gasteiger charge is 2.24. The fourth-order valence-corrected chi connectivity index (χ4v) is 6.20. The fourth-order valence-electron chi connectivity index (χ4n) is 6.20. The van der Waals surface area contributed by atoms with Gasteiger partial charge in [-0.25, -0.2) is 0 Å². The van der Waals surface area contributed by atoms with E-state index in [4.69, 9.17) is 0 Å². The van der Waals surface area contributed by atoms with Gasteiger partial charge in [0, 0.05) is 5.57 Å². The van der Waals surface area contributed by atoms with Crippen molar-refractivity contribution in [1.82, 2.24) is 0 Å². The number of fused-ring (bicyclic) bond motifs is 4. The maximum absolute atomic E-state index is 13.0. The highest BCUT2D eigenvalue weighted by Crippen LogP contribution is 2.28. The maximum Gasteiger partial charge on any atom is 0.226 e. The molecule has 0 spiro atoms. The van der Waals surface area contributed by atoms with Gasteiger partial charge in [0.15, 0.2) is 6.29 Å². The molecule has 2 aliphatic rings. The molecular formula is C36H40O2. The van der Waals surface area contributed by atoms with E-state index in [0.29, 0.717) is 11.9 Å². The molecule has 0 atom stereocenters. The summed E-state index contributed by atoms with van der Waals surface area (Å²) in [6, 6.07) is 17.9. The van der Waals surface area contributed by atoms with Gasteiger partial charge < -0.3 is 0 Å². The molecule has 38 heavy (non-hydrogen) atoms. The Morgan fingerprint density at radius 2 is 1.37 bits per heavy atom. The van der Waals surface area contributed by atoms with Gasteiger partial charge >= 0.3 is 0 Å². The summed E-state index contributed by atoms with van der Waals surface area (Å²) in [5.74, 6) is -0.414. The van der Waals surface area contributed by atoms with Gasteiger partial charge in [0.05, 0.1) is 0 Å². The van der Waals surface area contributed by atoms with Crippen LogP contribution in [0.3, 0.4) is 0 Å². The lowest BCUT2D eigenvalue weighted by Gasteiger charge is -2.22. The number of carbonyl (C=O) groups is 2. The molecule has 3 aromatic carbocycles. The first kappa shape index (κ1) is 26.4. The van der Waals surface area contributed by atoms with Crippen LogP contribution in [0.15, 0.2) is 48.5 Å². The van der Waals surface area contributed by atoms with E-state index in [2.05, 4.69) is 68.5 Å². The number of aryl methyl sites for hydroxylation is 2. The number of carbonyl (C=O) groups excluding carboxylic acids is 2. The second-order valence-electron chi connectivity index (χ2n) is 11.2. The molecule has 0 N–H and O–H groups in total. The fraction of sp³-hybridized carbons (Fsp3) is 0.389. The molecule has 0 heterocycles. The maximum atomic E-state index is 13.0. The lowest BCUT2D eigenvalue weighted by molar-refractivity contribution is -0.126. The highest BCUT2D eigenvalue weighted by atomic mass is 16.2. The first-order chi connectivity index (χ1) is 18.6. The molecular weight excluding hydrogens is 464 g/mol. The summed E-state index contributed by atoms with van der Waals surface area (Å²) < 4.78 is 0. The van der Waals surface area contributed by atoms with Crippen LogP contribution in [-0.4, -0.2) is 12.1 Å². The smallest absolute Gasteiger partial charge is 0.226 e. The molecule has 0 amide bonds. The largest absolute Gasteiger partial charge is 0.294 e. The molecule has 0 aliphatic heterocycles. The number of rotatable bonds is 12. The third kappa shape index (κ3) is 5.60. The summed E-state index contributed by atoms with van der Waals surface area (Å²) in [6.45, 7) is 4.48. The van der Waals surface area contributed by atoms with Crippen LogP contribution in [0.4, 0.5) is 0 Å². The van der Waals surface area contributed by atoms with Crippen molar-refractivity contribution in [2.75, 3.05) is 0 Å². The van der Waals surface area contributed by atoms with Gasteiger partial charge in [-0.2, -0.15) is 0 Å². The Balaban J connectivity index is 1.52. The van der Waals surface area contributed by atoms with Gasteiger partial charge in [-0.05, 0) is 106 Å². The standard InChI is InChI=1S/C36H40O2/c1-3-5-7-9-11-25-13-15-27-19-31-23-34-32(22-30(31)21-29(27)17-25)20-28-16-14-26(12-10-8-6-4-2)18-33(28)36(34)35(38)24-37/h13-18,21-24H,3-12,19-20H2,1-2H3. The van der Waals surface area contributed by atoms with E-state index in [1.165, 1.54) is 78.0 Å². The molecule has 0 unspecified atom stereocenters. The summed E-state index contributed by atoms with van der Waals surface area (Å²) in [7, 11) is 0. The minimum Gasteiger partial charge on any atom is -0.294 e. The Bertz CT molecular complexity index is 1470. The number of unbranched alkanes of at least 4 members (excludes halogenated alkanes) is 6. The average molecular weight is 505 g/mol. The molecule has 2 aliphatic carbocycles. The molecule has 0 bridgehead atoms. The van der Waals surface area contributed by atoms with E-state index in [1.807, 2.05) is 0 Å². The van der Waals surface area contributed by atoms with Crippen molar-refractivity contribution in [1.29, 1.82) is 0 Å². The molecule has 2 nitrogen and oxygen atoms in total. The van der Waals surface area contributed by atoms with E-state index >= 15 is 0 Å². The van der Waals surface area contributed by atoms with Crippen LogP contribution in [0, 0.1) is 0 Å². The summed E-state index contributed by atoms with van der Waals surface area (Å²) in [5.41, 5.74) is 10.4. The monoisotopic (exact) mass is 504 g/mol. The third-order valence-electron chi connectivity index (χ3n) is 8.35. The SMILES string of the molecule is CCCCCCc1ccc2c(c1)C=c1cc3c(cc1C2)=C(C(=O)C=O)c1cc(CCCCCC)ccc1C3. The second-order valence-corrected chi connectivity index (χ2v) is 11.2. The molecule has 2 heteroatoms. The van der Waals surface area contributed by atoms with Crippen LogP contribution in [0.2, 0.25) is 0 Å². The zero-order chi connectivity index (χ0) is 26.5. The van der Waals surface area contributed by atoms with E-state index in [-0.39, 0.29) is 0 Å². The number of ketones is 1. The average Bonchev–Trinajstić information content (AvgIpc) is 2.94. The minimum absolute atomic E-state index is 0.414. The summed E-state index contributed by atoms with van der Waals surface area (Å²) >= 11 is 0. The van der Waals surface area contributed by atoms with Crippen molar-refractivity contribution in [3.05, 3.63) is 103 Å². The van der Waals surface area contributed by atoms with E-state index in [0.717, 1.165) is 54.0 Å². The Hall–Kier alpha value is -3.26. The molecule has 0 saturated heterocycles. The van der Waals surface area contributed by atoms with Crippen LogP contribution in [-0.2, 0) is 35.3 Å². The number of aldehydes is 1. The lowest BCUT2D eigenvalue weighted by Crippen LogP contribution is -2.30. The zero-order valence-electron chi connectivity index (χ0n) is 23.1. The summed E-state index contributed by atoms with van der Waals surface area (Å²) in [6.07, 6.45) is 16.6. The van der Waals surface area contributed by atoms with Gasteiger partial charge in [-0.1, -0.05) is 94.8 Å². The predicted molar refractivity (Wildman–Crippen MR) is 157 cm³/mol. The van der Waals surface area contributed by atoms with E-state index < -0.39 is 5.78 Å². The van der Waals surface area contributed by atoms with Crippen molar-refractivity contribution in [3.8, 4) is 0 Å². The Morgan fingerprint density at radius 1 is 0.711 bits per heavy atom. The molecule has 196 valence electrons. The Morgan fingerprint density at radius 3 is 2.05 bits per heavy atom. The van der Waals surface area contributed by atoms with Gasteiger partial charge in [-0.15, -0.1) is 0 Å². The minimum atomic E-state index is -0.414. The van der Waals surface area contributed by atoms with E-state index in [1.54, 1.807) is 0 Å². The predicted octanol–water partition coefficient (Wildman–Crippen LogP) is 6.54. The summed E-state index contributed by atoms with van der Waals surface area (Å²) in [4.78, 5) is 24.8. The van der Waals surface area contributed by atoms with Crippen molar-refractivity contribution < 1.29 is 9.59 Å². The molecule has 0 aromatic heterocycles. The second kappa shape index (κ2) is 12.1. The van der Waals surface area contributed by atoms with E-state index in [9.17, 15) is 9.59 Å². The molecule has 0 radical (unpaired) electrons. The zero-order valence-corrected chi connectivity index (χ0v) is 23.1. The van der Waals surface area contributed by atoms with Crippen LogP contribution in [0.1, 0.15) is 110 Å². The quantitative estimate of drug-likeness (QED) is 0.125. The van der Waals surface area contributed by atoms with Crippen molar-refractivity contribution in [2.45, 2.75) is 90.9 Å². The summed E-state index contributed by atoms with van der Waals surface area (Å²) in [5, 5.41) is 2.19. The van der Waals surface area contributed by atoms with Gasteiger partial charge in [0.1, 0.15) is 0 Å². The highest BCUT2D eigenvalue weighted by molar-refractivity contribution is 6.46.